The van der Waals surface area contributed by atoms with Crippen LogP contribution in [0.3, 0.4) is 0 Å². The molecule has 0 saturated heterocycles. The van der Waals surface area contributed by atoms with E-state index in [4.69, 9.17) is 14.2 Å². The number of rotatable bonds is 17. The van der Waals surface area contributed by atoms with Gasteiger partial charge in [-0.05, 0) is 116 Å². The molecule has 0 heterocycles. The van der Waals surface area contributed by atoms with Crippen LogP contribution in [0.5, 0.6) is 11.5 Å². The van der Waals surface area contributed by atoms with Crippen LogP contribution in [-0.2, 0) is 16.1 Å². The van der Waals surface area contributed by atoms with Crippen molar-refractivity contribution >= 4 is 41.4 Å². The highest BCUT2D eigenvalue weighted by Gasteiger charge is 2.40. The van der Waals surface area contributed by atoms with E-state index in [1.807, 2.05) is 24.3 Å². The number of benzene rings is 3. The molecular formula is C39H44O6S2. The second-order valence-corrected chi connectivity index (χ2v) is 14.5. The molecule has 1 fully saturated rings. The van der Waals surface area contributed by atoms with Crippen LogP contribution in [0.15, 0.2) is 88.7 Å². The first-order chi connectivity index (χ1) is 22.9. The first-order valence-electron chi connectivity index (χ1n) is 16.8. The molecule has 0 spiro atoms. The van der Waals surface area contributed by atoms with Crippen LogP contribution in [0, 0.1) is 17.8 Å². The van der Waals surface area contributed by atoms with Gasteiger partial charge in [-0.2, -0.15) is 0 Å². The minimum absolute atomic E-state index is 0.109. The van der Waals surface area contributed by atoms with Crippen molar-refractivity contribution in [2.75, 3.05) is 11.5 Å². The maximum atomic E-state index is 13.2. The van der Waals surface area contributed by atoms with Crippen molar-refractivity contribution in [1.82, 2.24) is 0 Å². The third-order valence-electron chi connectivity index (χ3n) is 8.61. The Kier molecular flexibility index (Phi) is 13.0. The highest BCUT2D eigenvalue weighted by Crippen LogP contribution is 2.44. The molecule has 8 heteroatoms. The van der Waals surface area contributed by atoms with Crippen LogP contribution in [-0.4, -0.2) is 29.4 Å². The molecule has 0 aliphatic heterocycles. The van der Waals surface area contributed by atoms with Gasteiger partial charge in [-0.1, -0.05) is 51.7 Å². The van der Waals surface area contributed by atoms with E-state index in [1.165, 1.54) is 25.7 Å². The molecule has 3 aromatic carbocycles. The van der Waals surface area contributed by atoms with Gasteiger partial charge in [-0.25, -0.2) is 9.59 Å². The Morgan fingerprint density at radius 2 is 1.30 bits per heavy atom. The average molecular weight is 673 g/mol. The lowest BCUT2D eigenvalue weighted by atomic mass is 9.94. The summed E-state index contributed by atoms with van der Waals surface area (Å²) in [6.07, 6.45) is 13.2. The molecule has 3 unspecified atom stereocenters. The lowest BCUT2D eigenvalue weighted by Crippen LogP contribution is -2.21. The molecule has 6 nitrogen and oxygen atoms in total. The summed E-state index contributed by atoms with van der Waals surface area (Å²) < 4.78 is 17.3. The fourth-order valence-corrected chi connectivity index (χ4v) is 7.75. The van der Waals surface area contributed by atoms with Gasteiger partial charge >= 0.3 is 17.9 Å². The van der Waals surface area contributed by atoms with Crippen molar-refractivity contribution in [1.29, 1.82) is 0 Å². The largest absolute Gasteiger partial charge is 0.460 e. The van der Waals surface area contributed by atoms with E-state index in [-0.39, 0.29) is 35.9 Å². The zero-order chi connectivity index (χ0) is 33.0. The van der Waals surface area contributed by atoms with Gasteiger partial charge in [0.2, 0.25) is 0 Å². The van der Waals surface area contributed by atoms with Crippen molar-refractivity contribution in [3.8, 4) is 11.5 Å². The molecule has 0 N–H and O–H groups in total. The van der Waals surface area contributed by atoms with E-state index in [1.54, 1.807) is 66.0 Å². The minimum Gasteiger partial charge on any atom is -0.460 e. The Balaban J connectivity index is 1.25. The predicted octanol–water partition coefficient (Wildman–Crippen LogP) is 9.94. The normalized spacial score (nSPS) is 17.9. The quantitative estimate of drug-likeness (QED) is 0.0461. The molecule has 3 atom stereocenters. The van der Waals surface area contributed by atoms with E-state index in [0.717, 1.165) is 47.0 Å². The van der Waals surface area contributed by atoms with E-state index in [0.29, 0.717) is 22.6 Å². The third kappa shape index (κ3) is 10.0. The summed E-state index contributed by atoms with van der Waals surface area (Å²) in [5.74, 6) is 1.81. The average Bonchev–Trinajstić information content (AvgIpc) is 3.73. The van der Waals surface area contributed by atoms with Crippen molar-refractivity contribution in [2.45, 2.75) is 81.6 Å². The van der Waals surface area contributed by atoms with Crippen LogP contribution < -0.4 is 9.47 Å². The summed E-state index contributed by atoms with van der Waals surface area (Å²) in [5, 5.41) is 0. The zero-order valence-electron chi connectivity index (χ0n) is 27.3. The lowest BCUT2D eigenvalue weighted by molar-refractivity contribution is -0.150. The van der Waals surface area contributed by atoms with Gasteiger partial charge in [-0.3, -0.25) is 4.79 Å². The van der Waals surface area contributed by atoms with Crippen LogP contribution in [0.4, 0.5) is 0 Å². The molecule has 5 rings (SSSR count). The van der Waals surface area contributed by atoms with Gasteiger partial charge in [-0.15, -0.1) is 23.5 Å². The molecule has 2 aliphatic carbocycles. The third-order valence-corrected chi connectivity index (χ3v) is 10.8. The Labute approximate surface area is 287 Å². The van der Waals surface area contributed by atoms with E-state index in [9.17, 15) is 14.4 Å². The van der Waals surface area contributed by atoms with Crippen molar-refractivity contribution in [2.24, 2.45) is 17.8 Å². The van der Waals surface area contributed by atoms with E-state index >= 15 is 0 Å². The number of hydrogen-bond acceptors (Lipinski definition) is 8. The molecule has 0 radical (unpaired) electrons. The topological polar surface area (TPSA) is 78.9 Å². The number of hydrogen-bond donors (Lipinski definition) is 0. The van der Waals surface area contributed by atoms with Gasteiger partial charge < -0.3 is 14.2 Å². The molecule has 2 bridgehead atoms. The number of ether oxygens (including phenoxy) is 3. The predicted molar refractivity (Wildman–Crippen MR) is 188 cm³/mol. The van der Waals surface area contributed by atoms with Crippen molar-refractivity contribution in [3.63, 3.8) is 0 Å². The number of unbranched alkanes of at least 4 members (excludes halogenated alkanes) is 4. The van der Waals surface area contributed by atoms with Crippen molar-refractivity contribution < 1.29 is 28.6 Å². The Morgan fingerprint density at radius 3 is 1.83 bits per heavy atom. The number of thioether (sulfide) groups is 2. The summed E-state index contributed by atoms with van der Waals surface area (Å²) >= 11 is 3.55. The molecular weight excluding hydrogens is 629 g/mol. The lowest BCUT2D eigenvalue weighted by Gasteiger charge is -2.18. The monoisotopic (exact) mass is 672 g/mol. The summed E-state index contributed by atoms with van der Waals surface area (Å²) in [5.41, 5.74) is 1.29. The van der Waals surface area contributed by atoms with Crippen LogP contribution in [0.25, 0.3) is 0 Å². The summed E-state index contributed by atoms with van der Waals surface area (Å²) in [4.78, 5) is 41.4. The molecule has 0 amide bonds. The van der Waals surface area contributed by atoms with Crippen LogP contribution in [0.2, 0.25) is 0 Å². The van der Waals surface area contributed by atoms with E-state index in [2.05, 4.69) is 26.0 Å². The maximum absolute atomic E-state index is 13.2. The molecule has 2 aliphatic rings. The van der Waals surface area contributed by atoms with Crippen LogP contribution >= 0.6 is 23.5 Å². The number of esters is 3. The Hall–Kier alpha value is -3.49. The number of carbonyl (C=O) groups excluding carboxylic acids is 3. The molecule has 1 saturated carbocycles. The van der Waals surface area contributed by atoms with Crippen LogP contribution in [0.1, 0.15) is 91.5 Å². The number of fused-ring (bicyclic) bond motifs is 2. The highest BCUT2D eigenvalue weighted by molar-refractivity contribution is 7.99. The molecule has 248 valence electrons. The summed E-state index contributed by atoms with van der Waals surface area (Å²) in [6.45, 7) is 4.26. The molecule has 0 aromatic heterocycles. The molecule has 3 aromatic rings. The van der Waals surface area contributed by atoms with Gasteiger partial charge in [0.05, 0.1) is 17.0 Å². The van der Waals surface area contributed by atoms with Gasteiger partial charge in [0, 0.05) is 15.4 Å². The summed E-state index contributed by atoms with van der Waals surface area (Å²) in [6, 6.07) is 19.5. The smallest absolute Gasteiger partial charge is 0.343 e. The number of carbonyl (C=O) groups is 3. The van der Waals surface area contributed by atoms with Crippen molar-refractivity contribution in [3.05, 3.63) is 95.6 Å². The number of allylic oxidation sites excluding steroid dienone is 2. The van der Waals surface area contributed by atoms with Gasteiger partial charge in [0.15, 0.2) is 0 Å². The molecule has 47 heavy (non-hydrogen) atoms. The van der Waals surface area contributed by atoms with E-state index < -0.39 is 11.9 Å². The second-order valence-electron chi connectivity index (χ2n) is 12.2. The Bertz CT molecular complexity index is 1530. The first kappa shape index (κ1) is 34.8. The highest BCUT2D eigenvalue weighted by atomic mass is 32.2. The summed E-state index contributed by atoms with van der Waals surface area (Å²) in [7, 11) is 0. The maximum Gasteiger partial charge on any atom is 0.343 e. The second kappa shape index (κ2) is 17.6. The van der Waals surface area contributed by atoms with Gasteiger partial charge in [0.25, 0.3) is 0 Å². The SMILES string of the molecule is CCCCCSc1ccc(C(=O)Oc2ccc(OC(=O)c3ccc(SCCCCC)cc3)c(COC(=O)C3CC4C=CC3C4)c2)cc1. The standard InChI is InChI=1S/C39H44O6S2/c1-3-5-7-21-46-33-16-11-28(12-17-33)37(40)44-32-15-20-36(31(25-32)26-43-39(42)35-24-27-9-10-30(35)23-27)45-38(41)29-13-18-34(19-14-29)47-22-8-6-4-2/h9-20,25,27,30,35H,3-8,21-24,26H2,1-2H3. The fourth-order valence-electron chi connectivity index (χ4n) is 5.92. The zero-order valence-corrected chi connectivity index (χ0v) is 28.9. The minimum atomic E-state index is -0.518. The first-order valence-corrected chi connectivity index (χ1v) is 18.8. The fraction of sp³-hybridized carbons (Fsp3) is 0.410. The van der Waals surface area contributed by atoms with Gasteiger partial charge in [0.1, 0.15) is 18.1 Å². The Morgan fingerprint density at radius 1 is 0.702 bits per heavy atom.